The first kappa shape index (κ1) is 15.7. The van der Waals surface area contributed by atoms with Crippen LogP contribution in [0.25, 0.3) is 0 Å². The molecule has 2 aliphatic rings. The zero-order valence-corrected chi connectivity index (χ0v) is 13.2. The highest BCUT2D eigenvalue weighted by Crippen LogP contribution is 2.28. The first-order chi connectivity index (χ1) is 11.0. The zero-order valence-electron chi connectivity index (χ0n) is 13.2. The van der Waals surface area contributed by atoms with Crippen LogP contribution in [0.4, 0.5) is 11.4 Å². The largest absolute Gasteiger partial charge is 0.374 e. The molecule has 3 N–H and O–H groups in total. The van der Waals surface area contributed by atoms with Crippen LogP contribution in [0.15, 0.2) is 18.2 Å². The number of nitro groups is 1. The smallest absolute Gasteiger partial charge is 0.254 e. The number of hydrogen-bond acceptors (Lipinski definition) is 6. The van der Waals surface area contributed by atoms with Crippen LogP contribution in [-0.4, -0.2) is 42.5 Å². The topological polar surface area (TPSA) is 99.5 Å². The Kier molecular flexibility index (Phi) is 4.18. The van der Waals surface area contributed by atoms with E-state index in [0.29, 0.717) is 5.69 Å². The number of hydrazine groups is 1. The molecule has 0 aliphatic carbocycles. The van der Waals surface area contributed by atoms with Crippen LogP contribution in [0.5, 0.6) is 0 Å². The van der Waals surface area contributed by atoms with Crippen molar-refractivity contribution in [3.05, 3.63) is 33.9 Å². The molecule has 3 rings (SSSR count). The summed E-state index contributed by atoms with van der Waals surface area (Å²) in [4.78, 5) is 25.3. The van der Waals surface area contributed by atoms with Crippen LogP contribution in [0.1, 0.15) is 18.9 Å². The van der Waals surface area contributed by atoms with Crippen molar-refractivity contribution in [3.8, 4) is 0 Å². The normalized spacial score (nSPS) is 26.7. The molecule has 0 saturated carbocycles. The van der Waals surface area contributed by atoms with Gasteiger partial charge >= 0.3 is 0 Å². The molecular weight excluding hydrogens is 298 g/mol. The summed E-state index contributed by atoms with van der Waals surface area (Å²) in [5, 5.41) is 13.9. The number of hydrogen-bond donors (Lipinski definition) is 3. The average Bonchev–Trinajstić information content (AvgIpc) is 2.89. The first-order valence-corrected chi connectivity index (χ1v) is 7.77. The molecular formula is C15H21N5O3. The molecule has 23 heavy (non-hydrogen) atoms. The van der Waals surface area contributed by atoms with Gasteiger partial charge in [-0.1, -0.05) is 0 Å². The number of carbonyl (C=O) groups is 1. The third-order valence-corrected chi connectivity index (χ3v) is 4.54. The predicted octanol–water partition coefficient (Wildman–Crippen LogP) is 0.518. The fourth-order valence-electron chi connectivity index (χ4n) is 3.29. The van der Waals surface area contributed by atoms with E-state index in [1.165, 1.54) is 11.3 Å². The van der Waals surface area contributed by atoms with Crippen LogP contribution in [0, 0.1) is 10.1 Å². The van der Waals surface area contributed by atoms with Crippen molar-refractivity contribution in [1.82, 2.24) is 10.9 Å². The van der Waals surface area contributed by atoms with Crippen molar-refractivity contribution in [2.75, 3.05) is 23.8 Å². The molecule has 1 aromatic rings. The van der Waals surface area contributed by atoms with E-state index < -0.39 is 29.0 Å². The van der Waals surface area contributed by atoms with Gasteiger partial charge in [0.2, 0.25) is 5.91 Å². The van der Waals surface area contributed by atoms with Gasteiger partial charge in [-0.05, 0) is 43.5 Å². The van der Waals surface area contributed by atoms with Crippen LogP contribution in [0.2, 0.25) is 0 Å². The number of nitrogens with one attached hydrogen (secondary N) is 3. The Labute approximate surface area is 134 Å². The zero-order chi connectivity index (χ0) is 16.6. The highest BCUT2D eigenvalue weighted by molar-refractivity contribution is 5.95. The lowest BCUT2D eigenvalue weighted by Gasteiger charge is -2.28. The van der Waals surface area contributed by atoms with E-state index in [4.69, 9.17) is 0 Å². The molecule has 1 fully saturated rings. The van der Waals surface area contributed by atoms with Crippen LogP contribution < -0.4 is 21.1 Å². The molecule has 1 amide bonds. The number of aryl methyl sites for hydroxylation is 1. The second kappa shape index (κ2) is 6.13. The van der Waals surface area contributed by atoms with Gasteiger partial charge in [-0.2, -0.15) is 0 Å². The number of nitrogens with zero attached hydrogens (tertiary/aromatic N) is 2. The van der Waals surface area contributed by atoms with E-state index in [-0.39, 0.29) is 0 Å². The van der Waals surface area contributed by atoms with Crippen molar-refractivity contribution >= 4 is 17.3 Å². The number of fused-ring (bicyclic) bond motifs is 1. The Morgan fingerprint density at radius 2 is 2.22 bits per heavy atom. The molecule has 124 valence electrons. The number of rotatable bonds is 3. The van der Waals surface area contributed by atoms with Crippen molar-refractivity contribution < 1.29 is 9.72 Å². The SMILES string of the molecule is CC1NNC(C(=O)Nc2ccc3c(c2)CCCN3C)C1[N+](=O)[O-]. The molecule has 1 saturated heterocycles. The van der Waals surface area contributed by atoms with Gasteiger partial charge in [-0.3, -0.25) is 14.9 Å². The maximum Gasteiger partial charge on any atom is 0.254 e. The lowest BCUT2D eigenvalue weighted by Crippen LogP contribution is -2.47. The maximum absolute atomic E-state index is 12.4. The number of carbonyl (C=O) groups excluding carboxylic acids is 1. The Bertz CT molecular complexity index is 636. The number of benzene rings is 1. The summed E-state index contributed by atoms with van der Waals surface area (Å²) in [5.74, 6) is -0.396. The Balaban J connectivity index is 1.74. The summed E-state index contributed by atoms with van der Waals surface area (Å²) in [6.07, 6.45) is 2.05. The third kappa shape index (κ3) is 2.99. The fraction of sp³-hybridized carbons (Fsp3) is 0.533. The van der Waals surface area contributed by atoms with Gasteiger partial charge in [0.15, 0.2) is 6.04 Å². The molecule has 3 atom stereocenters. The van der Waals surface area contributed by atoms with E-state index in [1.807, 2.05) is 25.2 Å². The Morgan fingerprint density at radius 3 is 2.96 bits per heavy atom. The molecule has 8 heteroatoms. The standard InChI is InChI=1S/C15H21N5O3/c1-9-14(20(22)23)13(18-17-9)15(21)16-11-5-6-12-10(8-11)4-3-7-19(12)2/h5-6,8-9,13-14,17-18H,3-4,7H2,1-2H3,(H,16,21). The highest BCUT2D eigenvalue weighted by atomic mass is 16.6. The van der Waals surface area contributed by atoms with E-state index in [0.717, 1.165) is 19.4 Å². The summed E-state index contributed by atoms with van der Waals surface area (Å²) in [7, 11) is 2.05. The molecule has 0 radical (unpaired) electrons. The maximum atomic E-state index is 12.4. The minimum Gasteiger partial charge on any atom is -0.374 e. The third-order valence-electron chi connectivity index (χ3n) is 4.54. The number of amides is 1. The lowest BCUT2D eigenvalue weighted by atomic mass is 10.0. The van der Waals surface area contributed by atoms with Crippen LogP contribution in [0.3, 0.4) is 0 Å². The molecule has 1 aromatic carbocycles. The molecule has 8 nitrogen and oxygen atoms in total. The molecule has 0 spiro atoms. The van der Waals surface area contributed by atoms with Crippen molar-refractivity contribution in [2.24, 2.45) is 0 Å². The Hall–Kier alpha value is -2.19. The van der Waals surface area contributed by atoms with Gasteiger partial charge in [0.25, 0.3) is 6.04 Å². The van der Waals surface area contributed by atoms with Gasteiger partial charge in [-0.15, -0.1) is 0 Å². The van der Waals surface area contributed by atoms with E-state index in [1.54, 1.807) is 6.92 Å². The molecule has 0 bridgehead atoms. The van der Waals surface area contributed by atoms with Gasteiger partial charge in [-0.25, -0.2) is 10.9 Å². The summed E-state index contributed by atoms with van der Waals surface area (Å²) in [6, 6.07) is 3.50. The second-order valence-electron chi connectivity index (χ2n) is 6.19. The minimum absolute atomic E-state index is 0.396. The summed E-state index contributed by atoms with van der Waals surface area (Å²) in [5.41, 5.74) is 8.51. The quantitative estimate of drug-likeness (QED) is 0.555. The lowest BCUT2D eigenvalue weighted by molar-refractivity contribution is -0.522. The summed E-state index contributed by atoms with van der Waals surface area (Å²) < 4.78 is 0. The van der Waals surface area contributed by atoms with Crippen LogP contribution in [-0.2, 0) is 11.2 Å². The van der Waals surface area contributed by atoms with Gasteiger partial charge in [0.05, 0.1) is 6.04 Å². The van der Waals surface area contributed by atoms with Gasteiger partial charge in [0.1, 0.15) is 0 Å². The van der Waals surface area contributed by atoms with Crippen molar-refractivity contribution in [1.29, 1.82) is 0 Å². The van der Waals surface area contributed by atoms with Crippen molar-refractivity contribution in [2.45, 2.75) is 37.9 Å². The molecule has 0 aromatic heterocycles. The average molecular weight is 319 g/mol. The predicted molar refractivity (Wildman–Crippen MR) is 87.0 cm³/mol. The van der Waals surface area contributed by atoms with E-state index >= 15 is 0 Å². The summed E-state index contributed by atoms with van der Waals surface area (Å²) >= 11 is 0. The van der Waals surface area contributed by atoms with E-state index in [9.17, 15) is 14.9 Å². The Morgan fingerprint density at radius 1 is 1.43 bits per heavy atom. The van der Waals surface area contributed by atoms with Crippen molar-refractivity contribution in [3.63, 3.8) is 0 Å². The summed E-state index contributed by atoms with van der Waals surface area (Å²) in [6.45, 7) is 2.71. The van der Waals surface area contributed by atoms with Gasteiger partial charge in [0, 0.05) is 29.9 Å². The van der Waals surface area contributed by atoms with E-state index in [2.05, 4.69) is 21.1 Å². The first-order valence-electron chi connectivity index (χ1n) is 7.77. The minimum atomic E-state index is -0.987. The highest BCUT2D eigenvalue weighted by Gasteiger charge is 2.46. The number of anilines is 2. The molecule has 2 heterocycles. The molecule has 2 aliphatic heterocycles. The van der Waals surface area contributed by atoms with Crippen LogP contribution >= 0.6 is 0 Å². The second-order valence-corrected chi connectivity index (χ2v) is 6.19. The fourth-order valence-corrected chi connectivity index (χ4v) is 3.29. The molecule has 3 unspecified atom stereocenters. The monoisotopic (exact) mass is 319 g/mol. The van der Waals surface area contributed by atoms with Gasteiger partial charge < -0.3 is 10.2 Å².